The first-order valence-corrected chi connectivity index (χ1v) is 10.1. The van der Waals surface area contributed by atoms with Gasteiger partial charge in [-0.1, -0.05) is 42.5 Å². The van der Waals surface area contributed by atoms with Crippen LogP contribution in [-0.2, 0) is 14.3 Å². The number of methoxy groups -OCH3 is 3. The molecule has 3 aromatic rings. The molecule has 0 saturated heterocycles. The van der Waals surface area contributed by atoms with Crippen molar-refractivity contribution in [3.8, 4) is 17.2 Å². The van der Waals surface area contributed by atoms with Crippen molar-refractivity contribution >= 4 is 23.6 Å². The molecule has 0 aliphatic carbocycles. The van der Waals surface area contributed by atoms with Crippen molar-refractivity contribution in [3.05, 3.63) is 90.0 Å². The number of hydrogen-bond acceptors (Lipinski definition) is 6. The van der Waals surface area contributed by atoms with Crippen molar-refractivity contribution in [1.29, 1.82) is 0 Å². The van der Waals surface area contributed by atoms with E-state index in [2.05, 4.69) is 5.32 Å². The van der Waals surface area contributed by atoms with E-state index >= 15 is 0 Å². The number of rotatable bonds is 9. The van der Waals surface area contributed by atoms with Gasteiger partial charge in [0.15, 0.2) is 11.5 Å². The van der Waals surface area contributed by atoms with Crippen LogP contribution in [0.3, 0.4) is 0 Å². The number of benzene rings is 3. The Morgan fingerprint density at radius 3 is 2.27 bits per heavy atom. The summed E-state index contributed by atoms with van der Waals surface area (Å²) in [6.07, 6.45) is 1.70. The highest BCUT2D eigenvalue weighted by molar-refractivity contribution is 5.97. The van der Waals surface area contributed by atoms with Crippen molar-refractivity contribution < 1.29 is 28.5 Å². The molecule has 33 heavy (non-hydrogen) atoms. The molecule has 1 amide bonds. The summed E-state index contributed by atoms with van der Waals surface area (Å²) in [6, 6.07) is 21.0. The minimum absolute atomic E-state index is 0.484. The second kappa shape index (κ2) is 11.4. The average Bonchev–Trinajstić information content (AvgIpc) is 2.86. The van der Waals surface area contributed by atoms with Crippen LogP contribution < -0.4 is 19.5 Å². The molecule has 0 aliphatic rings. The Hall–Kier alpha value is -4.26. The van der Waals surface area contributed by atoms with Gasteiger partial charge in [-0.05, 0) is 35.9 Å². The molecule has 7 nitrogen and oxygen atoms in total. The van der Waals surface area contributed by atoms with Gasteiger partial charge in [-0.3, -0.25) is 4.79 Å². The molecule has 0 bridgehead atoms. The Balaban J connectivity index is 1.77. The van der Waals surface area contributed by atoms with E-state index in [9.17, 15) is 9.59 Å². The second-order valence-electron chi connectivity index (χ2n) is 6.90. The maximum atomic E-state index is 13.0. The fourth-order valence-electron chi connectivity index (χ4n) is 3.09. The monoisotopic (exact) mass is 447 g/mol. The molecule has 0 aromatic heterocycles. The molecular weight excluding hydrogens is 422 g/mol. The summed E-state index contributed by atoms with van der Waals surface area (Å²) in [5.41, 5.74) is 1.78. The van der Waals surface area contributed by atoms with Crippen LogP contribution in [0.2, 0.25) is 0 Å². The van der Waals surface area contributed by atoms with Crippen molar-refractivity contribution in [2.24, 2.45) is 0 Å². The summed E-state index contributed by atoms with van der Waals surface area (Å²) >= 11 is 0. The quantitative estimate of drug-likeness (QED) is 0.380. The van der Waals surface area contributed by atoms with E-state index in [4.69, 9.17) is 18.9 Å². The van der Waals surface area contributed by atoms with Gasteiger partial charge >= 0.3 is 5.97 Å². The van der Waals surface area contributed by atoms with Gasteiger partial charge < -0.3 is 24.3 Å². The summed E-state index contributed by atoms with van der Waals surface area (Å²) in [5.74, 6) is 0.559. The van der Waals surface area contributed by atoms with Gasteiger partial charge in [-0.15, -0.1) is 0 Å². The molecule has 1 N–H and O–H groups in total. The number of anilines is 1. The summed E-state index contributed by atoms with van der Waals surface area (Å²) in [5, 5.41) is 2.77. The molecule has 1 atom stereocenters. The SMILES string of the molecule is COc1cccc(NC(=O)C(OC(=O)C=Cc2ccc(OC)c(OC)c2)c2ccccc2)c1. The molecule has 3 rings (SSSR count). The van der Waals surface area contributed by atoms with Crippen LogP contribution in [-0.4, -0.2) is 33.2 Å². The maximum Gasteiger partial charge on any atom is 0.331 e. The van der Waals surface area contributed by atoms with Gasteiger partial charge in [-0.2, -0.15) is 0 Å². The summed E-state index contributed by atoms with van der Waals surface area (Å²) in [6.45, 7) is 0. The Kier molecular flexibility index (Phi) is 8.07. The molecule has 0 saturated carbocycles. The van der Waals surface area contributed by atoms with Crippen LogP contribution in [0.15, 0.2) is 78.9 Å². The smallest absolute Gasteiger partial charge is 0.331 e. The lowest BCUT2D eigenvalue weighted by molar-refractivity contribution is -0.149. The van der Waals surface area contributed by atoms with Crippen molar-refractivity contribution in [1.82, 2.24) is 0 Å². The average molecular weight is 447 g/mol. The third kappa shape index (κ3) is 6.36. The van der Waals surface area contributed by atoms with E-state index in [0.717, 1.165) is 0 Å². The summed E-state index contributed by atoms with van der Waals surface area (Å²) in [4.78, 5) is 25.6. The highest BCUT2D eigenvalue weighted by atomic mass is 16.5. The Bertz CT molecular complexity index is 1130. The summed E-state index contributed by atoms with van der Waals surface area (Å²) in [7, 11) is 4.62. The predicted molar refractivity (Wildman–Crippen MR) is 125 cm³/mol. The third-order valence-corrected chi connectivity index (χ3v) is 4.73. The first kappa shape index (κ1) is 23.4. The van der Waals surface area contributed by atoms with Gasteiger partial charge in [-0.25, -0.2) is 4.79 Å². The Morgan fingerprint density at radius 2 is 1.58 bits per heavy atom. The number of nitrogens with one attached hydrogen (secondary N) is 1. The van der Waals surface area contributed by atoms with E-state index in [1.54, 1.807) is 87.0 Å². The molecule has 1 unspecified atom stereocenters. The highest BCUT2D eigenvalue weighted by Crippen LogP contribution is 2.28. The van der Waals surface area contributed by atoms with Crippen LogP contribution >= 0.6 is 0 Å². The summed E-state index contributed by atoms with van der Waals surface area (Å²) < 4.78 is 21.2. The van der Waals surface area contributed by atoms with E-state index < -0.39 is 18.0 Å². The largest absolute Gasteiger partial charge is 0.497 e. The molecule has 0 fully saturated rings. The normalized spacial score (nSPS) is 11.5. The molecule has 3 aromatic carbocycles. The van der Waals surface area contributed by atoms with Crippen LogP contribution in [0.1, 0.15) is 17.2 Å². The van der Waals surface area contributed by atoms with Crippen molar-refractivity contribution in [2.45, 2.75) is 6.10 Å². The minimum atomic E-state index is -1.14. The molecular formula is C26H25NO6. The zero-order valence-electron chi connectivity index (χ0n) is 18.6. The first-order valence-electron chi connectivity index (χ1n) is 10.1. The lowest BCUT2D eigenvalue weighted by Crippen LogP contribution is -2.25. The first-order chi connectivity index (χ1) is 16.0. The van der Waals surface area contributed by atoms with E-state index in [-0.39, 0.29) is 0 Å². The minimum Gasteiger partial charge on any atom is -0.497 e. The van der Waals surface area contributed by atoms with Crippen LogP contribution in [0.4, 0.5) is 5.69 Å². The maximum absolute atomic E-state index is 13.0. The highest BCUT2D eigenvalue weighted by Gasteiger charge is 2.24. The number of ether oxygens (including phenoxy) is 4. The Labute approximate surface area is 192 Å². The number of hydrogen-bond donors (Lipinski definition) is 1. The van der Waals surface area contributed by atoms with Gasteiger partial charge in [0.2, 0.25) is 6.10 Å². The second-order valence-corrected chi connectivity index (χ2v) is 6.90. The molecule has 0 heterocycles. The lowest BCUT2D eigenvalue weighted by Gasteiger charge is -2.17. The predicted octanol–water partition coefficient (Wildman–Crippen LogP) is 4.65. The van der Waals surface area contributed by atoms with Crippen LogP contribution in [0.5, 0.6) is 17.2 Å². The zero-order chi connectivity index (χ0) is 23.6. The van der Waals surface area contributed by atoms with Crippen molar-refractivity contribution in [3.63, 3.8) is 0 Å². The Morgan fingerprint density at radius 1 is 0.818 bits per heavy atom. The fourth-order valence-corrected chi connectivity index (χ4v) is 3.09. The molecule has 0 radical (unpaired) electrons. The molecule has 7 heteroatoms. The number of esters is 1. The van der Waals surface area contributed by atoms with E-state index in [1.165, 1.54) is 13.2 Å². The van der Waals surface area contributed by atoms with Gasteiger partial charge in [0.05, 0.1) is 21.3 Å². The molecule has 0 spiro atoms. The number of amides is 1. The van der Waals surface area contributed by atoms with Gasteiger partial charge in [0, 0.05) is 23.4 Å². The fraction of sp³-hybridized carbons (Fsp3) is 0.154. The molecule has 0 aliphatic heterocycles. The number of carbonyl (C=O) groups is 2. The standard InChI is InChI=1S/C26H25NO6/c1-30-21-11-7-10-20(17-21)27-26(29)25(19-8-5-4-6-9-19)33-24(28)15-13-18-12-14-22(31-2)23(16-18)32-3/h4-17,25H,1-3H3,(H,27,29). The van der Waals surface area contributed by atoms with E-state index in [0.29, 0.717) is 34.1 Å². The van der Waals surface area contributed by atoms with E-state index in [1.807, 2.05) is 6.07 Å². The van der Waals surface area contributed by atoms with Gasteiger partial charge in [0.1, 0.15) is 5.75 Å². The molecule has 170 valence electrons. The van der Waals surface area contributed by atoms with Gasteiger partial charge in [0.25, 0.3) is 5.91 Å². The van der Waals surface area contributed by atoms with Crippen LogP contribution in [0, 0.1) is 0 Å². The number of carbonyl (C=O) groups excluding carboxylic acids is 2. The lowest BCUT2D eigenvalue weighted by atomic mass is 10.1. The zero-order valence-corrected chi connectivity index (χ0v) is 18.6. The van der Waals surface area contributed by atoms with Crippen molar-refractivity contribution in [2.75, 3.05) is 26.6 Å². The third-order valence-electron chi connectivity index (χ3n) is 4.73. The van der Waals surface area contributed by atoms with Crippen LogP contribution in [0.25, 0.3) is 6.08 Å². The topological polar surface area (TPSA) is 83.1 Å².